The molecule has 0 amide bonds. The van der Waals surface area contributed by atoms with Gasteiger partial charge in [-0.15, -0.1) is 11.3 Å². The predicted octanol–water partition coefficient (Wildman–Crippen LogP) is 4.05. The SMILES string of the molecule is O=C(c1cc(F)c(F)cc1F)c1sccc1Cl. The van der Waals surface area contributed by atoms with Crippen LogP contribution < -0.4 is 0 Å². The molecule has 0 saturated carbocycles. The van der Waals surface area contributed by atoms with Gasteiger partial charge in [-0.2, -0.15) is 0 Å². The maximum absolute atomic E-state index is 13.3. The van der Waals surface area contributed by atoms with Crippen LogP contribution in [0.2, 0.25) is 5.02 Å². The quantitative estimate of drug-likeness (QED) is 0.597. The van der Waals surface area contributed by atoms with E-state index in [1.165, 1.54) is 6.07 Å². The van der Waals surface area contributed by atoms with Crippen LogP contribution in [0.1, 0.15) is 15.2 Å². The Balaban J connectivity index is 2.52. The number of halogens is 4. The van der Waals surface area contributed by atoms with Crippen molar-refractivity contribution in [3.8, 4) is 0 Å². The van der Waals surface area contributed by atoms with Crippen molar-refractivity contribution in [2.24, 2.45) is 0 Å². The fourth-order valence-electron chi connectivity index (χ4n) is 1.27. The van der Waals surface area contributed by atoms with Gasteiger partial charge in [-0.05, 0) is 17.5 Å². The molecule has 1 aromatic carbocycles. The van der Waals surface area contributed by atoms with Crippen molar-refractivity contribution in [3.05, 3.63) is 56.5 Å². The predicted molar refractivity (Wildman–Crippen MR) is 59.1 cm³/mol. The van der Waals surface area contributed by atoms with Gasteiger partial charge < -0.3 is 0 Å². The molecule has 0 atom stereocenters. The van der Waals surface area contributed by atoms with E-state index in [1.54, 1.807) is 5.38 Å². The van der Waals surface area contributed by atoms with Crippen LogP contribution in [-0.2, 0) is 0 Å². The van der Waals surface area contributed by atoms with Crippen LogP contribution in [-0.4, -0.2) is 5.78 Å². The molecule has 88 valence electrons. The second-order valence-electron chi connectivity index (χ2n) is 3.17. The Morgan fingerprint density at radius 2 is 1.76 bits per heavy atom. The summed E-state index contributed by atoms with van der Waals surface area (Å²) in [6.07, 6.45) is 0. The Hall–Kier alpha value is -1.33. The Bertz CT molecular complexity index is 594. The third-order valence-corrected chi connectivity index (χ3v) is 3.42. The van der Waals surface area contributed by atoms with Gasteiger partial charge in [-0.25, -0.2) is 13.2 Å². The first-order valence-corrected chi connectivity index (χ1v) is 5.68. The summed E-state index contributed by atoms with van der Waals surface area (Å²) in [7, 11) is 0. The fourth-order valence-corrected chi connectivity index (χ4v) is 2.37. The molecule has 1 aromatic heterocycles. The highest BCUT2D eigenvalue weighted by molar-refractivity contribution is 7.13. The van der Waals surface area contributed by atoms with Crippen LogP contribution in [0.25, 0.3) is 0 Å². The van der Waals surface area contributed by atoms with Crippen molar-refractivity contribution in [2.45, 2.75) is 0 Å². The number of ketones is 1. The first-order valence-electron chi connectivity index (χ1n) is 4.43. The summed E-state index contributed by atoms with van der Waals surface area (Å²) < 4.78 is 39.0. The molecular formula is C11H4ClF3OS. The Morgan fingerprint density at radius 1 is 1.12 bits per heavy atom. The van der Waals surface area contributed by atoms with Crippen LogP contribution >= 0.6 is 22.9 Å². The molecule has 0 saturated heterocycles. The Kier molecular flexibility index (Phi) is 3.22. The van der Waals surface area contributed by atoms with Crippen molar-refractivity contribution < 1.29 is 18.0 Å². The molecule has 0 spiro atoms. The maximum atomic E-state index is 13.3. The molecule has 1 nitrogen and oxygen atoms in total. The lowest BCUT2D eigenvalue weighted by molar-refractivity contribution is 0.103. The van der Waals surface area contributed by atoms with Crippen molar-refractivity contribution in [2.75, 3.05) is 0 Å². The molecule has 2 aromatic rings. The monoisotopic (exact) mass is 276 g/mol. The van der Waals surface area contributed by atoms with Crippen LogP contribution in [0, 0.1) is 17.5 Å². The van der Waals surface area contributed by atoms with E-state index < -0.39 is 28.8 Å². The minimum absolute atomic E-state index is 0.0941. The molecule has 0 fully saturated rings. The topological polar surface area (TPSA) is 17.1 Å². The Morgan fingerprint density at radius 3 is 2.35 bits per heavy atom. The molecule has 6 heteroatoms. The van der Waals surface area contributed by atoms with E-state index in [2.05, 4.69) is 0 Å². The van der Waals surface area contributed by atoms with E-state index >= 15 is 0 Å². The first kappa shape index (κ1) is 12.1. The molecule has 17 heavy (non-hydrogen) atoms. The molecular weight excluding hydrogens is 273 g/mol. The average Bonchev–Trinajstić information content (AvgIpc) is 2.69. The van der Waals surface area contributed by atoms with Gasteiger partial charge in [0.15, 0.2) is 11.6 Å². The van der Waals surface area contributed by atoms with Gasteiger partial charge in [0.25, 0.3) is 0 Å². The third kappa shape index (κ3) is 2.21. The lowest BCUT2D eigenvalue weighted by Gasteiger charge is -2.02. The molecule has 0 unspecified atom stereocenters. The van der Waals surface area contributed by atoms with E-state index in [0.717, 1.165) is 11.3 Å². The molecule has 0 aliphatic heterocycles. The van der Waals surface area contributed by atoms with Gasteiger partial charge in [-0.3, -0.25) is 4.79 Å². The standard InChI is InChI=1S/C11H4ClF3OS/c12-6-1-2-17-11(6)10(16)5-3-8(14)9(15)4-7(5)13/h1-4H. The largest absolute Gasteiger partial charge is 0.288 e. The summed E-state index contributed by atoms with van der Waals surface area (Å²) in [5, 5.41) is 1.71. The minimum Gasteiger partial charge on any atom is -0.288 e. The molecule has 0 N–H and O–H groups in total. The highest BCUT2D eigenvalue weighted by Crippen LogP contribution is 2.26. The van der Waals surface area contributed by atoms with Crippen molar-refractivity contribution >= 4 is 28.7 Å². The fraction of sp³-hybridized carbons (Fsp3) is 0. The van der Waals surface area contributed by atoms with Crippen LogP contribution in [0.4, 0.5) is 13.2 Å². The zero-order valence-corrected chi connectivity index (χ0v) is 9.71. The van der Waals surface area contributed by atoms with Crippen molar-refractivity contribution in [1.29, 1.82) is 0 Å². The number of carbonyl (C=O) groups is 1. The second-order valence-corrected chi connectivity index (χ2v) is 4.50. The molecule has 2 rings (SSSR count). The summed E-state index contributed by atoms with van der Waals surface area (Å²) in [6, 6.07) is 2.34. The zero-order chi connectivity index (χ0) is 12.6. The number of rotatable bonds is 2. The van der Waals surface area contributed by atoms with Gasteiger partial charge in [0.2, 0.25) is 5.78 Å². The smallest absolute Gasteiger partial charge is 0.207 e. The van der Waals surface area contributed by atoms with Crippen molar-refractivity contribution in [1.82, 2.24) is 0 Å². The molecule has 1 heterocycles. The Labute approximate surface area is 103 Å². The van der Waals surface area contributed by atoms with Gasteiger partial charge in [0, 0.05) is 6.07 Å². The normalized spacial score (nSPS) is 10.6. The second kappa shape index (κ2) is 4.50. The highest BCUT2D eigenvalue weighted by atomic mass is 35.5. The summed E-state index contributed by atoms with van der Waals surface area (Å²) in [4.78, 5) is 11.9. The molecule has 0 aliphatic rings. The minimum atomic E-state index is -1.34. The number of benzene rings is 1. The number of carbonyl (C=O) groups excluding carboxylic acids is 1. The van der Waals surface area contributed by atoms with Gasteiger partial charge in [0.05, 0.1) is 15.5 Å². The van der Waals surface area contributed by atoms with E-state index in [4.69, 9.17) is 11.6 Å². The first-order chi connectivity index (χ1) is 8.00. The summed E-state index contributed by atoms with van der Waals surface area (Å²) in [6.45, 7) is 0. The molecule has 0 bridgehead atoms. The maximum Gasteiger partial charge on any atom is 0.207 e. The summed E-state index contributed by atoms with van der Waals surface area (Å²) >= 11 is 6.71. The molecule has 0 radical (unpaired) electrons. The van der Waals surface area contributed by atoms with Crippen LogP contribution in [0.5, 0.6) is 0 Å². The van der Waals surface area contributed by atoms with Gasteiger partial charge in [0.1, 0.15) is 5.82 Å². The van der Waals surface area contributed by atoms with E-state index in [1.807, 2.05) is 0 Å². The summed E-state index contributed by atoms with van der Waals surface area (Å²) in [5.41, 5.74) is -0.534. The number of hydrogen-bond acceptors (Lipinski definition) is 2. The number of hydrogen-bond donors (Lipinski definition) is 0. The zero-order valence-electron chi connectivity index (χ0n) is 8.14. The average molecular weight is 277 g/mol. The molecule has 0 aliphatic carbocycles. The summed E-state index contributed by atoms with van der Waals surface area (Å²) in [5.74, 6) is -4.49. The van der Waals surface area contributed by atoms with Crippen LogP contribution in [0.15, 0.2) is 23.6 Å². The van der Waals surface area contributed by atoms with E-state index in [0.29, 0.717) is 12.1 Å². The van der Waals surface area contributed by atoms with E-state index in [-0.39, 0.29) is 9.90 Å². The highest BCUT2D eigenvalue weighted by Gasteiger charge is 2.20. The van der Waals surface area contributed by atoms with Gasteiger partial charge >= 0.3 is 0 Å². The third-order valence-electron chi connectivity index (χ3n) is 2.08. The van der Waals surface area contributed by atoms with E-state index in [9.17, 15) is 18.0 Å². The van der Waals surface area contributed by atoms with Gasteiger partial charge in [-0.1, -0.05) is 11.6 Å². The lowest BCUT2D eigenvalue weighted by Crippen LogP contribution is -2.05. The lowest BCUT2D eigenvalue weighted by atomic mass is 10.1. The van der Waals surface area contributed by atoms with Crippen molar-refractivity contribution in [3.63, 3.8) is 0 Å². The van der Waals surface area contributed by atoms with Crippen LogP contribution in [0.3, 0.4) is 0 Å². The number of thiophene rings is 1.